The smallest absolute Gasteiger partial charge is 0.226 e. The van der Waals surface area contributed by atoms with E-state index < -0.39 is 0 Å². The number of amides is 1. The summed E-state index contributed by atoms with van der Waals surface area (Å²) in [6.07, 6.45) is 6.66. The Balaban J connectivity index is 1.42. The predicted molar refractivity (Wildman–Crippen MR) is 104 cm³/mol. The summed E-state index contributed by atoms with van der Waals surface area (Å²) in [6.45, 7) is 6.40. The molecule has 1 saturated carbocycles. The molecule has 0 bridgehead atoms. The van der Waals surface area contributed by atoms with Crippen molar-refractivity contribution in [1.82, 2.24) is 9.88 Å². The molecule has 1 aromatic heterocycles. The number of likely N-dealkylation sites (tertiary alicyclic amines) is 1. The van der Waals surface area contributed by atoms with E-state index in [1.54, 1.807) is 11.3 Å². The van der Waals surface area contributed by atoms with Gasteiger partial charge in [0.25, 0.3) is 0 Å². The fourth-order valence-electron chi connectivity index (χ4n) is 3.85. The van der Waals surface area contributed by atoms with Crippen molar-refractivity contribution < 1.29 is 4.79 Å². The third-order valence-corrected chi connectivity index (χ3v) is 6.75. The highest BCUT2D eigenvalue weighted by Gasteiger charge is 2.36. The quantitative estimate of drug-likeness (QED) is 0.868. The van der Waals surface area contributed by atoms with Crippen LogP contribution in [0.3, 0.4) is 0 Å². The molecule has 0 radical (unpaired) electrons. The van der Waals surface area contributed by atoms with Crippen LogP contribution in [-0.4, -0.2) is 34.9 Å². The SMILES string of the molecule is CC(C)C(=O)Nc1ccc2nc([C@H]3C[C@H](N4CCCCC4)C3)sc2c1. The van der Waals surface area contributed by atoms with Gasteiger partial charge in [0.2, 0.25) is 5.91 Å². The van der Waals surface area contributed by atoms with Gasteiger partial charge in [-0.05, 0) is 57.0 Å². The molecule has 1 aromatic carbocycles. The summed E-state index contributed by atoms with van der Waals surface area (Å²) in [5.41, 5.74) is 1.94. The first-order valence-electron chi connectivity index (χ1n) is 9.55. The molecule has 2 fully saturated rings. The zero-order chi connectivity index (χ0) is 17.4. The molecule has 4 rings (SSSR count). The van der Waals surface area contributed by atoms with Gasteiger partial charge in [-0.2, -0.15) is 0 Å². The average molecular weight is 358 g/mol. The van der Waals surface area contributed by atoms with Crippen molar-refractivity contribution in [1.29, 1.82) is 0 Å². The van der Waals surface area contributed by atoms with Gasteiger partial charge in [0, 0.05) is 23.6 Å². The lowest BCUT2D eigenvalue weighted by Gasteiger charge is -2.43. The monoisotopic (exact) mass is 357 g/mol. The maximum Gasteiger partial charge on any atom is 0.226 e. The Bertz CT molecular complexity index is 757. The van der Waals surface area contributed by atoms with Crippen molar-refractivity contribution >= 4 is 33.1 Å². The van der Waals surface area contributed by atoms with Gasteiger partial charge in [0.15, 0.2) is 0 Å². The standard InChI is InChI=1S/C20H27N3OS/c1-13(2)19(24)21-15-6-7-17-18(12-15)25-20(22-17)14-10-16(11-14)23-8-4-3-5-9-23/h6-7,12-14,16H,3-5,8-11H2,1-2H3,(H,21,24)/t14-,16-. The molecule has 0 unspecified atom stereocenters. The lowest BCUT2D eigenvalue weighted by molar-refractivity contribution is -0.118. The molecule has 5 heteroatoms. The van der Waals surface area contributed by atoms with Crippen molar-refractivity contribution in [2.45, 2.75) is 57.9 Å². The van der Waals surface area contributed by atoms with E-state index >= 15 is 0 Å². The highest BCUT2D eigenvalue weighted by molar-refractivity contribution is 7.18. The fraction of sp³-hybridized carbons (Fsp3) is 0.600. The minimum Gasteiger partial charge on any atom is -0.326 e. The number of fused-ring (bicyclic) bond motifs is 1. The molecule has 1 saturated heterocycles. The maximum atomic E-state index is 11.9. The molecular formula is C20H27N3OS. The second-order valence-corrected chi connectivity index (χ2v) is 8.86. The van der Waals surface area contributed by atoms with Gasteiger partial charge < -0.3 is 10.2 Å². The Hall–Kier alpha value is -1.46. The average Bonchev–Trinajstić information content (AvgIpc) is 2.97. The molecule has 0 atom stereocenters. The molecule has 2 aromatic rings. The Morgan fingerprint density at radius 2 is 2.00 bits per heavy atom. The van der Waals surface area contributed by atoms with Crippen molar-refractivity contribution in [3.63, 3.8) is 0 Å². The number of hydrogen-bond acceptors (Lipinski definition) is 4. The first-order valence-corrected chi connectivity index (χ1v) is 10.4. The van der Waals surface area contributed by atoms with Crippen LogP contribution in [0.4, 0.5) is 5.69 Å². The van der Waals surface area contributed by atoms with Gasteiger partial charge in [-0.25, -0.2) is 4.98 Å². The normalized spacial score (nSPS) is 24.4. The maximum absolute atomic E-state index is 11.9. The van der Waals surface area contributed by atoms with Crippen LogP contribution in [0.1, 0.15) is 56.9 Å². The fourth-order valence-corrected chi connectivity index (χ4v) is 4.99. The van der Waals surface area contributed by atoms with Crippen LogP contribution < -0.4 is 5.32 Å². The molecule has 4 nitrogen and oxygen atoms in total. The van der Waals surface area contributed by atoms with E-state index in [0.29, 0.717) is 5.92 Å². The number of nitrogens with zero attached hydrogens (tertiary/aromatic N) is 2. The van der Waals surface area contributed by atoms with E-state index in [1.807, 2.05) is 26.0 Å². The summed E-state index contributed by atoms with van der Waals surface area (Å²) in [4.78, 5) is 19.4. The van der Waals surface area contributed by atoms with Gasteiger partial charge in [-0.3, -0.25) is 4.79 Å². The third kappa shape index (κ3) is 3.58. The van der Waals surface area contributed by atoms with Crippen molar-refractivity contribution in [2.24, 2.45) is 5.92 Å². The van der Waals surface area contributed by atoms with Gasteiger partial charge in [0.1, 0.15) is 0 Å². The molecule has 2 heterocycles. The largest absolute Gasteiger partial charge is 0.326 e. The topological polar surface area (TPSA) is 45.2 Å². The van der Waals surface area contributed by atoms with Crippen LogP contribution in [-0.2, 0) is 4.79 Å². The van der Waals surface area contributed by atoms with Crippen LogP contribution in [0.15, 0.2) is 18.2 Å². The number of anilines is 1. The Kier molecular flexibility index (Phi) is 4.78. The Morgan fingerprint density at radius 3 is 2.72 bits per heavy atom. The van der Waals surface area contributed by atoms with E-state index in [9.17, 15) is 4.79 Å². The molecular weight excluding hydrogens is 330 g/mol. The number of hydrogen-bond donors (Lipinski definition) is 1. The lowest BCUT2D eigenvalue weighted by atomic mass is 9.79. The second kappa shape index (κ2) is 7.04. The van der Waals surface area contributed by atoms with Crippen LogP contribution >= 0.6 is 11.3 Å². The minimum atomic E-state index is -0.00517. The highest BCUT2D eigenvalue weighted by Crippen LogP contribution is 2.43. The molecule has 1 amide bonds. The summed E-state index contributed by atoms with van der Waals surface area (Å²) in [7, 11) is 0. The predicted octanol–water partition coefficient (Wildman–Crippen LogP) is 4.62. The first-order chi connectivity index (χ1) is 12.1. The van der Waals surface area contributed by atoms with Gasteiger partial charge >= 0.3 is 0 Å². The van der Waals surface area contributed by atoms with E-state index in [0.717, 1.165) is 17.2 Å². The van der Waals surface area contributed by atoms with Crippen molar-refractivity contribution in [3.8, 4) is 0 Å². The molecule has 1 aliphatic carbocycles. The van der Waals surface area contributed by atoms with Crippen molar-refractivity contribution in [2.75, 3.05) is 18.4 Å². The lowest BCUT2D eigenvalue weighted by Crippen LogP contribution is -2.46. The minimum absolute atomic E-state index is 0.00517. The zero-order valence-electron chi connectivity index (χ0n) is 15.1. The number of aromatic nitrogens is 1. The highest BCUT2D eigenvalue weighted by atomic mass is 32.1. The summed E-state index contributed by atoms with van der Waals surface area (Å²) in [6, 6.07) is 6.84. The van der Waals surface area contributed by atoms with Gasteiger partial charge in [-0.1, -0.05) is 20.3 Å². The third-order valence-electron chi connectivity index (χ3n) is 5.57. The summed E-state index contributed by atoms with van der Waals surface area (Å²) in [5, 5.41) is 4.26. The molecule has 2 aliphatic rings. The van der Waals surface area contributed by atoms with E-state index in [1.165, 1.54) is 54.9 Å². The van der Waals surface area contributed by atoms with E-state index in [2.05, 4.69) is 16.3 Å². The Labute approximate surface area is 153 Å². The summed E-state index contributed by atoms with van der Waals surface area (Å²) in [5.74, 6) is 0.680. The zero-order valence-corrected chi connectivity index (χ0v) is 15.9. The number of carbonyl (C=O) groups is 1. The molecule has 134 valence electrons. The van der Waals surface area contributed by atoms with E-state index in [-0.39, 0.29) is 11.8 Å². The molecule has 25 heavy (non-hydrogen) atoms. The number of carbonyl (C=O) groups excluding carboxylic acids is 1. The number of thiazole rings is 1. The first kappa shape index (κ1) is 17.0. The second-order valence-electron chi connectivity index (χ2n) is 7.80. The van der Waals surface area contributed by atoms with Crippen LogP contribution in [0.25, 0.3) is 10.2 Å². The number of rotatable bonds is 4. The summed E-state index contributed by atoms with van der Waals surface area (Å²) >= 11 is 1.80. The molecule has 1 N–H and O–H groups in total. The van der Waals surface area contributed by atoms with Crippen LogP contribution in [0.5, 0.6) is 0 Å². The van der Waals surface area contributed by atoms with E-state index in [4.69, 9.17) is 4.98 Å². The van der Waals surface area contributed by atoms with Crippen molar-refractivity contribution in [3.05, 3.63) is 23.2 Å². The Morgan fingerprint density at radius 1 is 1.24 bits per heavy atom. The van der Waals surface area contributed by atoms with Gasteiger partial charge in [0.05, 0.1) is 15.2 Å². The van der Waals surface area contributed by atoms with Gasteiger partial charge in [-0.15, -0.1) is 11.3 Å². The number of piperidine rings is 1. The number of nitrogens with one attached hydrogen (secondary N) is 1. The number of benzene rings is 1. The summed E-state index contributed by atoms with van der Waals surface area (Å²) < 4.78 is 1.18. The molecule has 1 aliphatic heterocycles. The van der Waals surface area contributed by atoms with Crippen LogP contribution in [0.2, 0.25) is 0 Å². The molecule has 0 spiro atoms. The van der Waals surface area contributed by atoms with Crippen LogP contribution in [0, 0.1) is 5.92 Å².